The molecule has 4 aliphatic rings. The largest absolute Gasteiger partial charge is 0.393 e. The number of fused-ring (bicyclic) bond motifs is 5. The number of allylic oxidation sites excluding steroid dienone is 2. The lowest BCUT2D eigenvalue weighted by molar-refractivity contribution is -0.0533. The molecule has 0 saturated heterocycles. The Hall–Kier alpha value is -0.300. The van der Waals surface area contributed by atoms with Crippen molar-refractivity contribution in [2.24, 2.45) is 29.1 Å². The molecule has 106 valence electrons. The summed E-state index contributed by atoms with van der Waals surface area (Å²) in [4.78, 5) is 0. The summed E-state index contributed by atoms with van der Waals surface area (Å²) in [5.41, 5.74) is 2.08. The first kappa shape index (κ1) is 12.4. The Kier molecular flexibility index (Phi) is 2.85. The maximum atomic E-state index is 10.4. The van der Waals surface area contributed by atoms with Crippen LogP contribution in [-0.4, -0.2) is 11.2 Å². The third kappa shape index (κ3) is 1.70. The van der Waals surface area contributed by atoms with Gasteiger partial charge < -0.3 is 5.11 Å². The summed E-state index contributed by atoms with van der Waals surface area (Å²) in [6, 6.07) is 0. The molecule has 1 N–H and O–H groups in total. The molecule has 3 unspecified atom stereocenters. The van der Waals surface area contributed by atoms with Gasteiger partial charge in [-0.2, -0.15) is 0 Å². The molecule has 0 aromatic carbocycles. The van der Waals surface area contributed by atoms with E-state index >= 15 is 0 Å². The summed E-state index contributed by atoms with van der Waals surface area (Å²) in [5, 5.41) is 10.4. The van der Waals surface area contributed by atoms with E-state index < -0.39 is 0 Å². The highest BCUT2D eigenvalue weighted by molar-refractivity contribution is 5.18. The first-order chi connectivity index (χ1) is 9.20. The molecule has 0 aromatic rings. The van der Waals surface area contributed by atoms with Crippen molar-refractivity contribution in [2.75, 3.05) is 0 Å². The lowest BCUT2D eigenvalue weighted by Crippen LogP contribution is -2.47. The van der Waals surface area contributed by atoms with E-state index in [1.54, 1.807) is 0 Å². The number of aliphatic hydroxyl groups is 1. The van der Waals surface area contributed by atoms with E-state index in [2.05, 4.69) is 13.0 Å². The molecule has 4 aliphatic carbocycles. The van der Waals surface area contributed by atoms with Gasteiger partial charge in [-0.1, -0.05) is 18.6 Å². The Morgan fingerprint density at radius 2 is 2.00 bits per heavy atom. The summed E-state index contributed by atoms with van der Waals surface area (Å²) >= 11 is 0. The van der Waals surface area contributed by atoms with Crippen molar-refractivity contribution >= 4 is 0 Å². The Morgan fingerprint density at radius 1 is 1.11 bits per heavy atom. The van der Waals surface area contributed by atoms with Gasteiger partial charge in [0, 0.05) is 0 Å². The van der Waals surface area contributed by atoms with Crippen LogP contribution in [0, 0.1) is 29.1 Å². The Bertz CT molecular complexity index is 398. The zero-order valence-electron chi connectivity index (χ0n) is 12.3. The summed E-state index contributed by atoms with van der Waals surface area (Å²) in [6.45, 7) is 2.39. The first-order valence-corrected chi connectivity index (χ1v) is 8.57. The van der Waals surface area contributed by atoms with Gasteiger partial charge in [-0.15, -0.1) is 0 Å². The summed E-state index contributed by atoms with van der Waals surface area (Å²) in [5.74, 6) is 3.64. The second-order valence-electron chi connectivity index (χ2n) is 7.93. The van der Waals surface area contributed by atoms with Crippen molar-refractivity contribution in [3.05, 3.63) is 11.6 Å². The van der Waals surface area contributed by atoms with Gasteiger partial charge in [0.25, 0.3) is 0 Å². The third-order valence-electron chi connectivity index (χ3n) is 7.33. The molecule has 1 nitrogen and oxygen atoms in total. The average molecular weight is 260 g/mol. The highest BCUT2D eigenvalue weighted by Crippen LogP contribution is 2.61. The standard InChI is InChI=1S/C18H28O/c1-18-11-10-14-13-5-3-2-4-12(13)6-7-15(14)16(18)8-9-17(18)19/h4,13-17,19H,2-3,5-11H2,1H3/t13-,14?,15+,16?,17?,18-/m0/s1. The SMILES string of the molecule is C[C@]12CCC3[C@@H](CCC4=CCCC[C@@H]43)C1CCC2O. The fourth-order valence-electron chi connectivity index (χ4n) is 6.28. The molecule has 19 heavy (non-hydrogen) atoms. The molecular formula is C18H28O. The molecule has 0 bridgehead atoms. The lowest BCUT2D eigenvalue weighted by atomic mass is 9.52. The van der Waals surface area contributed by atoms with Gasteiger partial charge in [0.05, 0.1) is 6.10 Å². The third-order valence-corrected chi connectivity index (χ3v) is 7.33. The summed E-state index contributed by atoms with van der Waals surface area (Å²) in [7, 11) is 0. The van der Waals surface area contributed by atoms with Crippen LogP contribution in [0.4, 0.5) is 0 Å². The van der Waals surface area contributed by atoms with Crippen LogP contribution in [0.15, 0.2) is 11.6 Å². The fourth-order valence-corrected chi connectivity index (χ4v) is 6.28. The van der Waals surface area contributed by atoms with Crippen LogP contribution in [0.1, 0.15) is 64.7 Å². The number of hydrogen-bond donors (Lipinski definition) is 1. The van der Waals surface area contributed by atoms with Crippen LogP contribution >= 0.6 is 0 Å². The van der Waals surface area contributed by atoms with Crippen molar-refractivity contribution in [3.8, 4) is 0 Å². The van der Waals surface area contributed by atoms with E-state index in [0.717, 1.165) is 30.1 Å². The molecular weight excluding hydrogens is 232 g/mol. The molecule has 0 heterocycles. The van der Waals surface area contributed by atoms with E-state index in [9.17, 15) is 5.11 Å². The predicted octanol–water partition coefficient (Wildman–Crippen LogP) is 4.31. The van der Waals surface area contributed by atoms with Gasteiger partial charge in [-0.3, -0.25) is 0 Å². The maximum Gasteiger partial charge on any atom is 0.0596 e. The van der Waals surface area contributed by atoms with E-state index in [4.69, 9.17) is 0 Å². The normalized spacial score (nSPS) is 52.9. The van der Waals surface area contributed by atoms with Crippen molar-refractivity contribution in [1.29, 1.82) is 0 Å². The lowest BCUT2D eigenvalue weighted by Gasteiger charge is -2.53. The van der Waals surface area contributed by atoms with Crippen LogP contribution < -0.4 is 0 Å². The Balaban J connectivity index is 1.63. The van der Waals surface area contributed by atoms with E-state index in [-0.39, 0.29) is 11.5 Å². The summed E-state index contributed by atoms with van der Waals surface area (Å²) < 4.78 is 0. The smallest absolute Gasteiger partial charge is 0.0596 e. The zero-order chi connectivity index (χ0) is 13.0. The van der Waals surface area contributed by atoms with Gasteiger partial charge in [-0.25, -0.2) is 0 Å². The monoisotopic (exact) mass is 260 g/mol. The maximum absolute atomic E-state index is 10.4. The van der Waals surface area contributed by atoms with Crippen LogP contribution in [0.3, 0.4) is 0 Å². The van der Waals surface area contributed by atoms with Gasteiger partial charge >= 0.3 is 0 Å². The molecule has 3 fully saturated rings. The van der Waals surface area contributed by atoms with Crippen molar-refractivity contribution in [1.82, 2.24) is 0 Å². The second kappa shape index (κ2) is 4.35. The highest BCUT2D eigenvalue weighted by atomic mass is 16.3. The predicted molar refractivity (Wildman–Crippen MR) is 77.7 cm³/mol. The van der Waals surface area contributed by atoms with Crippen LogP contribution in [0.5, 0.6) is 0 Å². The summed E-state index contributed by atoms with van der Waals surface area (Å²) in [6.07, 6.45) is 14.6. The van der Waals surface area contributed by atoms with Crippen molar-refractivity contribution in [2.45, 2.75) is 70.8 Å². The van der Waals surface area contributed by atoms with Gasteiger partial charge in [-0.05, 0) is 86.9 Å². The number of hydrogen-bond acceptors (Lipinski definition) is 1. The molecule has 0 spiro atoms. The highest BCUT2D eigenvalue weighted by Gasteiger charge is 2.55. The van der Waals surface area contributed by atoms with Crippen LogP contribution in [0.25, 0.3) is 0 Å². The van der Waals surface area contributed by atoms with E-state index in [0.29, 0.717) is 0 Å². The van der Waals surface area contributed by atoms with Gasteiger partial charge in [0.2, 0.25) is 0 Å². The quantitative estimate of drug-likeness (QED) is 0.643. The minimum atomic E-state index is -0.0123. The number of rotatable bonds is 0. The molecule has 1 heteroatoms. The van der Waals surface area contributed by atoms with Crippen molar-refractivity contribution < 1.29 is 5.11 Å². The average Bonchev–Trinajstić information content (AvgIpc) is 2.75. The van der Waals surface area contributed by atoms with Crippen molar-refractivity contribution in [3.63, 3.8) is 0 Å². The number of aliphatic hydroxyl groups excluding tert-OH is 1. The first-order valence-electron chi connectivity index (χ1n) is 8.57. The van der Waals surface area contributed by atoms with Gasteiger partial charge in [0.15, 0.2) is 0 Å². The van der Waals surface area contributed by atoms with Crippen LogP contribution in [-0.2, 0) is 0 Å². The Morgan fingerprint density at radius 3 is 2.89 bits per heavy atom. The topological polar surface area (TPSA) is 20.2 Å². The van der Waals surface area contributed by atoms with Crippen LogP contribution in [0.2, 0.25) is 0 Å². The molecule has 0 aromatic heterocycles. The molecule has 6 atom stereocenters. The minimum Gasteiger partial charge on any atom is -0.393 e. The van der Waals surface area contributed by atoms with E-state index in [1.807, 2.05) is 5.57 Å². The second-order valence-corrected chi connectivity index (χ2v) is 7.93. The molecule has 0 aliphatic heterocycles. The fraction of sp³-hybridized carbons (Fsp3) is 0.889. The molecule has 0 amide bonds. The van der Waals surface area contributed by atoms with Gasteiger partial charge in [0.1, 0.15) is 0 Å². The Labute approximate surface area is 117 Å². The molecule has 4 rings (SSSR count). The minimum absolute atomic E-state index is 0.0123. The van der Waals surface area contributed by atoms with E-state index in [1.165, 1.54) is 51.4 Å². The molecule has 3 saturated carbocycles. The zero-order valence-corrected chi connectivity index (χ0v) is 12.3. The molecule has 0 radical (unpaired) electrons.